The zero-order valence-electron chi connectivity index (χ0n) is 8.36. The molecule has 4 heteroatoms. The lowest BCUT2D eigenvalue weighted by Gasteiger charge is -2.17. The third kappa shape index (κ3) is 2.32. The largest absolute Gasteiger partial charge is 0.365 e. The molecule has 0 radical (unpaired) electrons. The predicted octanol–water partition coefficient (Wildman–Crippen LogP) is 2.38. The Morgan fingerprint density at radius 1 is 1.50 bits per heavy atom. The summed E-state index contributed by atoms with van der Waals surface area (Å²) in [5.74, 6) is 1.15. The lowest BCUT2D eigenvalue weighted by atomic mass is 10.1. The van der Waals surface area contributed by atoms with Crippen LogP contribution in [0.15, 0.2) is 16.6 Å². The maximum atomic E-state index is 4.46. The zero-order valence-corrected chi connectivity index (χ0v) is 9.18. The molecule has 0 spiro atoms. The third-order valence-electron chi connectivity index (χ3n) is 2.33. The van der Waals surface area contributed by atoms with Gasteiger partial charge in [-0.1, -0.05) is 0 Å². The Kier molecular flexibility index (Phi) is 3.14. The number of aromatic nitrogens is 1. The molecular weight excluding hydrogens is 194 g/mol. The van der Waals surface area contributed by atoms with Gasteiger partial charge in [-0.25, -0.2) is 4.98 Å². The maximum absolute atomic E-state index is 4.46. The minimum atomic E-state index is 0.298. The van der Waals surface area contributed by atoms with E-state index < -0.39 is 0 Å². The summed E-state index contributed by atoms with van der Waals surface area (Å²) in [5, 5.41) is 6.57. The SMILES string of the molecule is CC(NC1=NCCCC1)c1nccs1. The Balaban J connectivity index is 1.94. The van der Waals surface area contributed by atoms with Crippen molar-refractivity contribution in [2.24, 2.45) is 4.99 Å². The van der Waals surface area contributed by atoms with E-state index in [1.165, 1.54) is 12.8 Å². The van der Waals surface area contributed by atoms with E-state index in [9.17, 15) is 0 Å². The fourth-order valence-electron chi connectivity index (χ4n) is 1.58. The van der Waals surface area contributed by atoms with Gasteiger partial charge >= 0.3 is 0 Å². The molecule has 0 bridgehead atoms. The van der Waals surface area contributed by atoms with Crippen LogP contribution < -0.4 is 5.32 Å². The molecule has 1 aromatic heterocycles. The molecule has 0 saturated heterocycles. The number of thiazole rings is 1. The van der Waals surface area contributed by atoms with Crippen LogP contribution in [-0.2, 0) is 0 Å². The molecule has 2 heterocycles. The van der Waals surface area contributed by atoms with E-state index in [4.69, 9.17) is 0 Å². The predicted molar refractivity (Wildman–Crippen MR) is 59.8 cm³/mol. The van der Waals surface area contributed by atoms with Crippen LogP contribution in [0.2, 0.25) is 0 Å². The summed E-state index contributed by atoms with van der Waals surface area (Å²) >= 11 is 1.69. The third-order valence-corrected chi connectivity index (χ3v) is 3.29. The second-order valence-electron chi connectivity index (χ2n) is 3.52. The van der Waals surface area contributed by atoms with Gasteiger partial charge in [0, 0.05) is 24.5 Å². The van der Waals surface area contributed by atoms with Gasteiger partial charge in [0.2, 0.25) is 0 Å². The number of rotatable bonds is 2. The van der Waals surface area contributed by atoms with Crippen molar-refractivity contribution in [3.05, 3.63) is 16.6 Å². The quantitative estimate of drug-likeness (QED) is 0.812. The molecule has 3 nitrogen and oxygen atoms in total. The van der Waals surface area contributed by atoms with Crippen LogP contribution >= 0.6 is 11.3 Å². The first-order chi connectivity index (χ1) is 6.86. The molecule has 1 atom stereocenters. The molecule has 0 amide bonds. The fraction of sp³-hybridized carbons (Fsp3) is 0.600. The number of nitrogens with zero attached hydrogens (tertiary/aromatic N) is 2. The van der Waals surface area contributed by atoms with Crippen molar-refractivity contribution in [2.75, 3.05) is 6.54 Å². The smallest absolute Gasteiger partial charge is 0.115 e. The van der Waals surface area contributed by atoms with Crippen molar-refractivity contribution in [2.45, 2.75) is 32.2 Å². The summed E-state index contributed by atoms with van der Waals surface area (Å²) in [7, 11) is 0. The molecule has 0 aromatic carbocycles. The Labute approximate surface area is 88.3 Å². The van der Waals surface area contributed by atoms with Gasteiger partial charge in [-0.15, -0.1) is 11.3 Å². The summed E-state index contributed by atoms with van der Waals surface area (Å²) in [6, 6.07) is 0.298. The van der Waals surface area contributed by atoms with Crippen molar-refractivity contribution in [3.63, 3.8) is 0 Å². The van der Waals surface area contributed by atoms with E-state index >= 15 is 0 Å². The van der Waals surface area contributed by atoms with Crippen molar-refractivity contribution >= 4 is 17.2 Å². The first kappa shape index (κ1) is 9.65. The Hall–Kier alpha value is -0.900. The Morgan fingerprint density at radius 3 is 3.07 bits per heavy atom. The van der Waals surface area contributed by atoms with Gasteiger partial charge in [-0.3, -0.25) is 4.99 Å². The molecule has 0 aliphatic carbocycles. The van der Waals surface area contributed by atoms with Crippen molar-refractivity contribution in [1.82, 2.24) is 10.3 Å². The molecule has 1 unspecified atom stereocenters. The highest BCUT2D eigenvalue weighted by Crippen LogP contribution is 2.16. The molecule has 1 aromatic rings. The highest BCUT2D eigenvalue weighted by molar-refractivity contribution is 7.09. The normalized spacial score (nSPS) is 18.8. The van der Waals surface area contributed by atoms with Gasteiger partial charge in [0.15, 0.2) is 0 Å². The molecule has 1 aliphatic heterocycles. The second kappa shape index (κ2) is 4.55. The van der Waals surface area contributed by atoms with Gasteiger partial charge < -0.3 is 5.32 Å². The summed E-state index contributed by atoms with van der Waals surface area (Å²) in [5.41, 5.74) is 0. The van der Waals surface area contributed by atoms with E-state index in [0.717, 1.165) is 23.8 Å². The number of nitrogens with one attached hydrogen (secondary N) is 1. The van der Waals surface area contributed by atoms with Gasteiger partial charge in [-0.05, 0) is 19.8 Å². The summed E-state index contributed by atoms with van der Waals surface area (Å²) in [6.07, 6.45) is 5.43. The van der Waals surface area contributed by atoms with E-state index in [1.54, 1.807) is 11.3 Å². The minimum Gasteiger partial charge on any atom is -0.365 e. The van der Waals surface area contributed by atoms with Crippen LogP contribution in [0.4, 0.5) is 0 Å². The van der Waals surface area contributed by atoms with Crippen LogP contribution in [0.3, 0.4) is 0 Å². The van der Waals surface area contributed by atoms with Gasteiger partial charge in [0.25, 0.3) is 0 Å². The molecule has 0 fully saturated rings. The molecule has 76 valence electrons. The maximum Gasteiger partial charge on any atom is 0.115 e. The van der Waals surface area contributed by atoms with Crippen LogP contribution in [-0.4, -0.2) is 17.4 Å². The van der Waals surface area contributed by atoms with E-state index in [2.05, 4.69) is 22.2 Å². The number of hydrogen-bond donors (Lipinski definition) is 1. The molecule has 0 saturated carbocycles. The van der Waals surface area contributed by atoms with Crippen LogP contribution in [0.1, 0.15) is 37.2 Å². The van der Waals surface area contributed by atoms with Crippen molar-refractivity contribution < 1.29 is 0 Å². The Bertz CT molecular complexity index is 305. The topological polar surface area (TPSA) is 37.3 Å². The average Bonchev–Trinajstić information content (AvgIpc) is 2.72. The van der Waals surface area contributed by atoms with Crippen LogP contribution in [0.25, 0.3) is 0 Å². The van der Waals surface area contributed by atoms with Crippen LogP contribution in [0.5, 0.6) is 0 Å². The number of hydrogen-bond acceptors (Lipinski definition) is 4. The summed E-state index contributed by atoms with van der Waals surface area (Å²) in [6.45, 7) is 3.11. The second-order valence-corrected chi connectivity index (χ2v) is 4.45. The average molecular weight is 209 g/mol. The summed E-state index contributed by atoms with van der Waals surface area (Å²) < 4.78 is 0. The lowest BCUT2D eigenvalue weighted by molar-refractivity contribution is 0.653. The van der Waals surface area contributed by atoms with Gasteiger partial charge in [0.1, 0.15) is 5.01 Å². The van der Waals surface area contributed by atoms with Crippen molar-refractivity contribution in [1.29, 1.82) is 0 Å². The van der Waals surface area contributed by atoms with Gasteiger partial charge in [-0.2, -0.15) is 0 Å². The molecular formula is C10H15N3S. The highest BCUT2D eigenvalue weighted by Gasteiger charge is 2.11. The fourth-order valence-corrected chi connectivity index (χ4v) is 2.22. The molecule has 1 aliphatic rings. The standard InChI is InChI=1S/C10H15N3S/c1-8(10-12-6-7-14-10)13-9-4-2-3-5-11-9/h6-8H,2-5H2,1H3,(H,11,13). The highest BCUT2D eigenvalue weighted by atomic mass is 32.1. The van der Waals surface area contributed by atoms with Crippen LogP contribution in [0, 0.1) is 0 Å². The number of aliphatic imine (C=N–C) groups is 1. The zero-order chi connectivity index (χ0) is 9.80. The minimum absolute atomic E-state index is 0.298. The van der Waals surface area contributed by atoms with E-state index in [-0.39, 0.29) is 0 Å². The monoisotopic (exact) mass is 209 g/mol. The lowest BCUT2D eigenvalue weighted by Crippen LogP contribution is -2.28. The van der Waals surface area contributed by atoms with Crippen molar-refractivity contribution in [3.8, 4) is 0 Å². The first-order valence-corrected chi connectivity index (χ1v) is 5.93. The van der Waals surface area contributed by atoms with E-state index in [1.807, 2.05) is 11.6 Å². The molecule has 14 heavy (non-hydrogen) atoms. The summed E-state index contributed by atoms with van der Waals surface area (Å²) in [4.78, 5) is 8.74. The molecule has 2 rings (SSSR count). The Morgan fingerprint density at radius 2 is 2.43 bits per heavy atom. The van der Waals surface area contributed by atoms with Gasteiger partial charge in [0.05, 0.1) is 11.9 Å². The number of amidine groups is 1. The van der Waals surface area contributed by atoms with E-state index in [0.29, 0.717) is 6.04 Å². The molecule has 1 N–H and O–H groups in total. The first-order valence-electron chi connectivity index (χ1n) is 5.05.